The third-order valence-corrected chi connectivity index (χ3v) is 1.06. The second-order valence-electron chi connectivity index (χ2n) is 1.89. The number of amides is 3. The minimum atomic E-state index is -1.34. The van der Waals surface area contributed by atoms with Crippen molar-refractivity contribution in [1.82, 2.24) is 5.32 Å². The third-order valence-electron chi connectivity index (χ3n) is 1.06. The van der Waals surface area contributed by atoms with Gasteiger partial charge in [-0.2, -0.15) is 4.99 Å². The summed E-state index contributed by atoms with van der Waals surface area (Å²) in [6.07, 6.45) is -0.346. The fourth-order valence-electron chi connectivity index (χ4n) is 0.629. The van der Waals surface area contributed by atoms with Gasteiger partial charge in [0.2, 0.25) is 5.91 Å². The van der Waals surface area contributed by atoms with Crippen LogP contribution in [0.1, 0.15) is 6.42 Å². The average Bonchev–Trinajstić information content (AvgIpc) is 1.85. The van der Waals surface area contributed by atoms with E-state index in [1.807, 2.05) is 5.32 Å². The Labute approximate surface area is 60.9 Å². The lowest BCUT2D eigenvalue weighted by Crippen LogP contribution is -2.37. The Kier molecular flexibility index (Phi) is 1.67. The Morgan fingerprint density at radius 2 is 2.18 bits per heavy atom. The molecule has 0 aromatic carbocycles. The molecule has 1 heterocycles. The van der Waals surface area contributed by atoms with Crippen LogP contribution >= 0.6 is 0 Å². The molecule has 0 atom stereocenters. The van der Waals surface area contributed by atoms with Crippen molar-refractivity contribution in [2.24, 2.45) is 4.99 Å². The molecule has 3 amide bonds. The molecule has 11 heavy (non-hydrogen) atoms. The van der Waals surface area contributed by atoms with Crippen molar-refractivity contribution in [1.29, 1.82) is 0 Å². The second kappa shape index (κ2) is 2.49. The van der Waals surface area contributed by atoms with Crippen molar-refractivity contribution in [2.75, 3.05) is 0 Å². The van der Waals surface area contributed by atoms with E-state index < -0.39 is 23.6 Å². The number of aliphatic imine (C=N–C) groups is 1. The van der Waals surface area contributed by atoms with Crippen LogP contribution in [0.4, 0.5) is 4.79 Å². The van der Waals surface area contributed by atoms with Crippen LogP contribution in [0.5, 0.6) is 0 Å². The lowest BCUT2D eigenvalue weighted by molar-refractivity contribution is -0.130. The normalized spacial score (nSPS) is 17.3. The number of nitrogens with one attached hydrogen (secondary N) is 1. The van der Waals surface area contributed by atoms with Gasteiger partial charge in [0, 0.05) is 0 Å². The number of rotatable bonds is 1. The zero-order valence-corrected chi connectivity index (χ0v) is 5.33. The molecule has 1 aliphatic rings. The van der Waals surface area contributed by atoms with Gasteiger partial charge < -0.3 is 5.11 Å². The maximum atomic E-state index is 10.5. The standard InChI is InChI=1S/C5H4N2O4/c8-3-1-2(4(9)10)6-5(11)7-3/h1H2,(H,9,10)(H,7,8,11). The molecule has 6 heteroatoms. The summed E-state index contributed by atoms with van der Waals surface area (Å²) in [5.74, 6) is -1.98. The van der Waals surface area contributed by atoms with E-state index in [0.29, 0.717) is 0 Å². The number of carboxylic acid groups (broad SMARTS) is 1. The topological polar surface area (TPSA) is 95.8 Å². The first-order chi connectivity index (χ1) is 5.09. The number of imide groups is 1. The van der Waals surface area contributed by atoms with Crippen molar-refractivity contribution in [3.8, 4) is 0 Å². The molecule has 0 aliphatic carbocycles. The molecule has 0 saturated carbocycles. The highest BCUT2D eigenvalue weighted by Gasteiger charge is 2.22. The summed E-state index contributed by atoms with van der Waals surface area (Å²) in [6, 6.07) is -0.918. The molecule has 2 N–H and O–H groups in total. The highest BCUT2D eigenvalue weighted by Crippen LogP contribution is 1.95. The van der Waals surface area contributed by atoms with Crippen LogP contribution in [-0.4, -0.2) is 28.7 Å². The molecule has 0 unspecified atom stereocenters. The number of urea groups is 1. The summed E-state index contributed by atoms with van der Waals surface area (Å²) in [4.78, 5) is 34.2. The number of nitrogens with zero attached hydrogens (tertiary/aromatic N) is 1. The summed E-state index contributed by atoms with van der Waals surface area (Å²) in [5.41, 5.74) is -0.418. The van der Waals surface area contributed by atoms with Crippen LogP contribution in [0.2, 0.25) is 0 Å². The van der Waals surface area contributed by atoms with Crippen molar-refractivity contribution >= 4 is 23.6 Å². The van der Waals surface area contributed by atoms with Gasteiger partial charge in [0.05, 0.1) is 6.42 Å². The van der Waals surface area contributed by atoms with Crippen LogP contribution in [0.25, 0.3) is 0 Å². The van der Waals surface area contributed by atoms with E-state index in [1.54, 1.807) is 0 Å². The van der Waals surface area contributed by atoms with Gasteiger partial charge in [-0.15, -0.1) is 0 Å². The third kappa shape index (κ3) is 1.60. The first-order valence-corrected chi connectivity index (χ1v) is 2.74. The summed E-state index contributed by atoms with van der Waals surface area (Å²) in [5, 5.41) is 10.1. The molecule has 58 valence electrons. The van der Waals surface area contributed by atoms with E-state index >= 15 is 0 Å². The highest BCUT2D eigenvalue weighted by molar-refractivity contribution is 6.42. The Morgan fingerprint density at radius 3 is 2.64 bits per heavy atom. The van der Waals surface area contributed by atoms with E-state index in [4.69, 9.17) is 5.11 Å². The van der Waals surface area contributed by atoms with E-state index in [-0.39, 0.29) is 6.42 Å². The van der Waals surface area contributed by atoms with Gasteiger partial charge in [-0.05, 0) is 0 Å². The van der Waals surface area contributed by atoms with Gasteiger partial charge in [0.1, 0.15) is 5.71 Å². The van der Waals surface area contributed by atoms with E-state index in [9.17, 15) is 14.4 Å². The minimum Gasteiger partial charge on any atom is -0.477 e. The lowest BCUT2D eigenvalue weighted by Gasteiger charge is -2.06. The van der Waals surface area contributed by atoms with E-state index in [0.717, 1.165) is 0 Å². The zero-order chi connectivity index (χ0) is 8.43. The van der Waals surface area contributed by atoms with Crippen molar-refractivity contribution in [2.45, 2.75) is 6.42 Å². The second-order valence-corrected chi connectivity index (χ2v) is 1.89. The monoisotopic (exact) mass is 156 g/mol. The molecule has 0 aromatic heterocycles. The van der Waals surface area contributed by atoms with E-state index in [1.165, 1.54) is 0 Å². The lowest BCUT2D eigenvalue weighted by atomic mass is 10.2. The quantitative estimate of drug-likeness (QED) is 0.516. The number of carboxylic acids is 1. The van der Waals surface area contributed by atoms with Crippen LogP contribution < -0.4 is 5.32 Å². The number of hydrogen-bond acceptors (Lipinski definition) is 3. The predicted octanol–water partition coefficient (Wildman–Crippen LogP) is -0.848. The molecule has 1 rings (SSSR count). The average molecular weight is 156 g/mol. The maximum Gasteiger partial charge on any atom is 0.350 e. The number of carbonyl (C=O) groups excluding carboxylic acids is 2. The van der Waals surface area contributed by atoms with Crippen LogP contribution in [0.15, 0.2) is 4.99 Å². The van der Waals surface area contributed by atoms with Gasteiger partial charge in [0.25, 0.3) is 0 Å². The van der Waals surface area contributed by atoms with Crippen LogP contribution in [-0.2, 0) is 9.59 Å². The molecule has 6 nitrogen and oxygen atoms in total. The number of aliphatic carboxylic acids is 1. The van der Waals surface area contributed by atoms with Gasteiger partial charge in [-0.1, -0.05) is 0 Å². The molecule has 0 aromatic rings. The molecule has 0 spiro atoms. The summed E-state index contributed by atoms with van der Waals surface area (Å²) < 4.78 is 0. The van der Waals surface area contributed by atoms with Gasteiger partial charge in [-0.3, -0.25) is 10.1 Å². The highest BCUT2D eigenvalue weighted by atomic mass is 16.4. The van der Waals surface area contributed by atoms with Gasteiger partial charge >= 0.3 is 12.0 Å². The molecular weight excluding hydrogens is 152 g/mol. The Bertz CT molecular complexity index is 268. The zero-order valence-electron chi connectivity index (χ0n) is 5.33. The van der Waals surface area contributed by atoms with Crippen LogP contribution in [0, 0.1) is 0 Å². The SMILES string of the molecule is O=C1CC(C(=O)O)=NC(=O)N1. The summed E-state index contributed by atoms with van der Waals surface area (Å²) in [7, 11) is 0. The molecule has 1 aliphatic heterocycles. The molecule has 0 saturated heterocycles. The summed E-state index contributed by atoms with van der Waals surface area (Å²) in [6.45, 7) is 0. The largest absolute Gasteiger partial charge is 0.477 e. The molecule has 0 radical (unpaired) electrons. The van der Waals surface area contributed by atoms with Gasteiger partial charge in [-0.25, -0.2) is 9.59 Å². The predicted molar refractivity (Wildman–Crippen MR) is 33.2 cm³/mol. The fourth-order valence-corrected chi connectivity index (χ4v) is 0.629. The van der Waals surface area contributed by atoms with Crippen LogP contribution in [0.3, 0.4) is 0 Å². The van der Waals surface area contributed by atoms with Gasteiger partial charge in [0.15, 0.2) is 0 Å². The fraction of sp³-hybridized carbons (Fsp3) is 0.200. The Hall–Kier alpha value is -1.72. The van der Waals surface area contributed by atoms with E-state index in [2.05, 4.69) is 4.99 Å². The first-order valence-electron chi connectivity index (χ1n) is 2.74. The van der Waals surface area contributed by atoms with Crippen molar-refractivity contribution in [3.63, 3.8) is 0 Å². The Balaban J connectivity index is 2.89. The molecule has 0 bridgehead atoms. The maximum absolute atomic E-state index is 10.5. The first kappa shape index (κ1) is 7.39. The molecule has 0 fully saturated rings. The van der Waals surface area contributed by atoms with Crippen molar-refractivity contribution in [3.05, 3.63) is 0 Å². The number of hydrogen-bond donors (Lipinski definition) is 2. The number of carbonyl (C=O) groups is 3. The molecular formula is C5H4N2O4. The smallest absolute Gasteiger partial charge is 0.350 e. The minimum absolute atomic E-state index is 0.346. The van der Waals surface area contributed by atoms with Crippen molar-refractivity contribution < 1.29 is 19.5 Å². The summed E-state index contributed by atoms with van der Waals surface area (Å²) >= 11 is 0. The Morgan fingerprint density at radius 1 is 1.55 bits per heavy atom.